The summed E-state index contributed by atoms with van der Waals surface area (Å²) < 4.78 is 0. The van der Waals surface area contributed by atoms with Gasteiger partial charge in [-0.05, 0) is 24.8 Å². The van der Waals surface area contributed by atoms with E-state index < -0.39 is 0 Å². The van der Waals surface area contributed by atoms with Gasteiger partial charge in [0.2, 0.25) is 0 Å². The van der Waals surface area contributed by atoms with Gasteiger partial charge in [0.25, 0.3) is 5.91 Å². The molecule has 122 valence electrons. The molecule has 0 aliphatic rings. The van der Waals surface area contributed by atoms with Gasteiger partial charge >= 0.3 is 0 Å². The molecule has 5 heteroatoms. The molecule has 1 unspecified atom stereocenters. The second-order valence-corrected chi connectivity index (χ2v) is 6.00. The molecule has 2 aromatic rings. The van der Waals surface area contributed by atoms with Crippen LogP contribution in [0.15, 0.2) is 42.7 Å². The minimum atomic E-state index is -0.198. The zero-order valence-electron chi connectivity index (χ0n) is 13.9. The summed E-state index contributed by atoms with van der Waals surface area (Å²) in [5, 5.41) is 6.18. The number of rotatable bonds is 7. The molecule has 0 saturated carbocycles. The molecule has 0 aliphatic carbocycles. The van der Waals surface area contributed by atoms with Crippen molar-refractivity contribution in [1.82, 2.24) is 15.3 Å². The monoisotopic (exact) mass is 312 g/mol. The highest BCUT2D eigenvalue weighted by molar-refractivity contribution is 5.93. The number of amides is 1. The number of aromatic nitrogens is 2. The number of hydrogen-bond donors (Lipinski definition) is 2. The van der Waals surface area contributed by atoms with E-state index in [9.17, 15) is 4.79 Å². The Balaban J connectivity index is 1.96. The summed E-state index contributed by atoms with van der Waals surface area (Å²) in [5.74, 6) is 1.10. The molecule has 1 aromatic heterocycles. The Morgan fingerprint density at radius 2 is 1.87 bits per heavy atom. The lowest BCUT2D eigenvalue weighted by Gasteiger charge is -2.14. The van der Waals surface area contributed by atoms with Gasteiger partial charge in [0, 0.05) is 12.6 Å². The maximum Gasteiger partial charge on any atom is 0.270 e. The number of carbonyl (C=O) groups excluding carboxylic acids is 1. The average Bonchev–Trinajstić information content (AvgIpc) is 2.55. The summed E-state index contributed by atoms with van der Waals surface area (Å²) in [5.41, 5.74) is 1.43. The third-order valence-corrected chi connectivity index (χ3v) is 3.57. The van der Waals surface area contributed by atoms with E-state index in [0.717, 1.165) is 18.5 Å². The molecule has 23 heavy (non-hydrogen) atoms. The second-order valence-electron chi connectivity index (χ2n) is 6.00. The van der Waals surface area contributed by atoms with Gasteiger partial charge < -0.3 is 10.6 Å². The van der Waals surface area contributed by atoms with E-state index in [0.29, 0.717) is 17.4 Å². The van der Waals surface area contributed by atoms with E-state index in [1.165, 1.54) is 6.33 Å². The molecule has 0 spiro atoms. The molecule has 1 heterocycles. The van der Waals surface area contributed by atoms with E-state index in [1.54, 1.807) is 6.07 Å². The predicted molar refractivity (Wildman–Crippen MR) is 92.3 cm³/mol. The third kappa shape index (κ3) is 5.36. The average molecular weight is 312 g/mol. The maximum atomic E-state index is 12.3. The van der Waals surface area contributed by atoms with Crippen LogP contribution in [0.3, 0.4) is 0 Å². The van der Waals surface area contributed by atoms with Gasteiger partial charge in [0.05, 0.1) is 6.04 Å². The summed E-state index contributed by atoms with van der Waals surface area (Å²) in [6.07, 6.45) is 2.47. The molecule has 0 saturated heterocycles. The van der Waals surface area contributed by atoms with Crippen LogP contribution in [0.5, 0.6) is 0 Å². The summed E-state index contributed by atoms with van der Waals surface area (Å²) >= 11 is 0. The number of nitrogens with zero attached hydrogens (tertiary/aromatic N) is 2. The Hall–Kier alpha value is -2.43. The Bertz CT molecular complexity index is 628. The summed E-state index contributed by atoms with van der Waals surface area (Å²) in [4.78, 5) is 20.6. The first-order valence-corrected chi connectivity index (χ1v) is 7.98. The molecule has 5 nitrogen and oxygen atoms in total. The molecular formula is C18H24N4O. The standard InChI is InChI=1S/C18H24N4O/c1-13(2)9-10-19-17-11-16(20-12-21-17)18(23)22-14(3)15-7-5-4-6-8-15/h4-8,11-14H,9-10H2,1-3H3,(H,22,23)(H,19,20,21). The highest BCUT2D eigenvalue weighted by atomic mass is 16.1. The van der Waals surface area contributed by atoms with E-state index in [1.807, 2.05) is 37.3 Å². The number of nitrogens with one attached hydrogen (secondary N) is 2. The zero-order valence-corrected chi connectivity index (χ0v) is 13.9. The van der Waals surface area contributed by atoms with Crippen molar-refractivity contribution in [1.29, 1.82) is 0 Å². The molecule has 1 atom stereocenters. The van der Waals surface area contributed by atoms with Crippen molar-refractivity contribution < 1.29 is 4.79 Å². The van der Waals surface area contributed by atoms with Crippen LogP contribution in [-0.4, -0.2) is 22.4 Å². The van der Waals surface area contributed by atoms with E-state index >= 15 is 0 Å². The SMILES string of the molecule is CC(C)CCNc1cc(C(=O)NC(C)c2ccccc2)ncn1. The highest BCUT2D eigenvalue weighted by Crippen LogP contribution is 2.12. The van der Waals surface area contributed by atoms with Crippen LogP contribution in [-0.2, 0) is 0 Å². The van der Waals surface area contributed by atoms with Gasteiger partial charge in [0.15, 0.2) is 0 Å². The molecule has 0 bridgehead atoms. The largest absolute Gasteiger partial charge is 0.370 e. The molecule has 2 N–H and O–H groups in total. The van der Waals surface area contributed by atoms with Crippen LogP contribution in [0.25, 0.3) is 0 Å². The van der Waals surface area contributed by atoms with Crippen LogP contribution < -0.4 is 10.6 Å². The summed E-state index contributed by atoms with van der Waals surface area (Å²) in [6.45, 7) is 7.13. The van der Waals surface area contributed by atoms with Gasteiger partial charge in [0.1, 0.15) is 17.8 Å². The third-order valence-electron chi connectivity index (χ3n) is 3.57. The Morgan fingerprint density at radius 1 is 1.13 bits per heavy atom. The Kier molecular flexibility index (Phi) is 6.09. The fraction of sp³-hybridized carbons (Fsp3) is 0.389. The maximum absolute atomic E-state index is 12.3. The first kappa shape index (κ1) is 16.9. The fourth-order valence-electron chi connectivity index (χ4n) is 2.16. The van der Waals surface area contributed by atoms with Crippen molar-refractivity contribution in [2.75, 3.05) is 11.9 Å². The minimum absolute atomic E-state index is 0.0731. The smallest absolute Gasteiger partial charge is 0.270 e. The molecule has 1 amide bonds. The van der Waals surface area contributed by atoms with Gasteiger partial charge in [-0.15, -0.1) is 0 Å². The van der Waals surface area contributed by atoms with Crippen LogP contribution in [0.1, 0.15) is 49.3 Å². The molecule has 0 radical (unpaired) electrons. The minimum Gasteiger partial charge on any atom is -0.370 e. The summed E-state index contributed by atoms with van der Waals surface area (Å²) in [7, 11) is 0. The quantitative estimate of drug-likeness (QED) is 0.822. The fourth-order valence-corrected chi connectivity index (χ4v) is 2.16. The van der Waals surface area contributed by atoms with Crippen molar-refractivity contribution in [3.05, 3.63) is 54.0 Å². The van der Waals surface area contributed by atoms with Gasteiger partial charge in [-0.1, -0.05) is 44.2 Å². The van der Waals surface area contributed by atoms with Gasteiger partial charge in [-0.2, -0.15) is 0 Å². The molecule has 1 aromatic carbocycles. The summed E-state index contributed by atoms with van der Waals surface area (Å²) in [6, 6.07) is 11.5. The Morgan fingerprint density at radius 3 is 2.57 bits per heavy atom. The molecule has 0 aliphatic heterocycles. The van der Waals surface area contributed by atoms with Crippen molar-refractivity contribution in [3.63, 3.8) is 0 Å². The number of anilines is 1. The Labute approximate surface area is 137 Å². The first-order chi connectivity index (χ1) is 11.1. The van der Waals surface area contributed by atoms with Crippen LogP contribution in [0.2, 0.25) is 0 Å². The topological polar surface area (TPSA) is 66.9 Å². The van der Waals surface area contributed by atoms with E-state index in [4.69, 9.17) is 0 Å². The van der Waals surface area contributed by atoms with Gasteiger partial charge in [-0.3, -0.25) is 4.79 Å². The number of benzene rings is 1. The lowest BCUT2D eigenvalue weighted by molar-refractivity contribution is 0.0934. The number of carbonyl (C=O) groups is 1. The van der Waals surface area contributed by atoms with Crippen LogP contribution in [0.4, 0.5) is 5.82 Å². The normalized spacial score (nSPS) is 12.0. The second kappa shape index (κ2) is 8.27. The lowest BCUT2D eigenvalue weighted by atomic mass is 10.1. The van der Waals surface area contributed by atoms with Gasteiger partial charge in [-0.25, -0.2) is 9.97 Å². The van der Waals surface area contributed by atoms with Crippen molar-refractivity contribution in [2.24, 2.45) is 5.92 Å². The molecular weight excluding hydrogens is 288 g/mol. The first-order valence-electron chi connectivity index (χ1n) is 7.98. The highest BCUT2D eigenvalue weighted by Gasteiger charge is 2.13. The number of hydrogen-bond acceptors (Lipinski definition) is 4. The molecule has 0 fully saturated rings. The van der Waals surface area contributed by atoms with Crippen molar-refractivity contribution in [3.8, 4) is 0 Å². The predicted octanol–water partition coefficient (Wildman–Crippen LogP) is 3.43. The lowest BCUT2D eigenvalue weighted by Crippen LogP contribution is -2.27. The van der Waals surface area contributed by atoms with Crippen molar-refractivity contribution in [2.45, 2.75) is 33.2 Å². The van der Waals surface area contributed by atoms with Crippen LogP contribution >= 0.6 is 0 Å². The van der Waals surface area contributed by atoms with Crippen molar-refractivity contribution >= 4 is 11.7 Å². The molecule has 2 rings (SSSR count). The van der Waals surface area contributed by atoms with Crippen LogP contribution in [0, 0.1) is 5.92 Å². The van der Waals surface area contributed by atoms with E-state index in [-0.39, 0.29) is 11.9 Å². The zero-order chi connectivity index (χ0) is 16.7. The van der Waals surface area contributed by atoms with E-state index in [2.05, 4.69) is 34.4 Å².